The predicted octanol–water partition coefficient (Wildman–Crippen LogP) is 2.66. The van der Waals surface area contributed by atoms with Gasteiger partial charge in [-0.15, -0.1) is 0 Å². The maximum absolute atomic E-state index is 6.00. The molecule has 0 spiro atoms. The molecular weight excluding hydrogens is 236 g/mol. The minimum Gasteiger partial charge on any atom is -0.329 e. The molecule has 0 bridgehead atoms. The molecule has 110 valence electrons. The van der Waals surface area contributed by atoms with E-state index in [9.17, 15) is 0 Å². The monoisotopic (exact) mass is 266 g/mol. The zero-order valence-corrected chi connectivity index (χ0v) is 13.0. The molecule has 19 heavy (non-hydrogen) atoms. The number of rotatable bonds is 9. The van der Waals surface area contributed by atoms with Crippen molar-refractivity contribution in [3.8, 4) is 0 Å². The summed E-state index contributed by atoms with van der Waals surface area (Å²) >= 11 is 0. The Balaban J connectivity index is 2.77. The summed E-state index contributed by atoms with van der Waals surface area (Å²) in [6.07, 6.45) is 6.45. The Hall–Kier alpha value is -0.870. The zero-order chi connectivity index (χ0) is 14.3. The molecule has 0 aliphatic carbocycles. The Morgan fingerprint density at radius 1 is 1.37 bits per heavy atom. The Morgan fingerprint density at radius 2 is 2.11 bits per heavy atom. The van der Waals surface area contributed by atoms with E-state index in [1.807, 2.05) is 10.9 Å². The van der Waals surface area contributed by atoms with Crippen molar-refractivity contribution < 1.29 is 0 Å². The van der Waals surface area contributed by atoms with Crippen LogP contribution in [0.1, 0.15) is 52.1 Å². The summed E-state index contributed by atoms with van der Waals surface area (Å²) in [5.74, 6) is 0.708. The van der Waals surface area contributed by atoms with Gasteiger partial charge >= 0.3 is 0 Å². The van der Waals surface area contributed by atoms with E-state index < -0.39 is 0 Å². The van der Waals surface area contributed by atoms with E-state index in [1.165, 1.54) is 12.0 Å². The van der Waals surface area contributed by atoms with E-state index >= 15 is 0 Å². The van der Waals surface area contributed by atoms with E-state index in [-0.39, 0.29) is 0 Å². The van der Waals surface area contributed by atoms with Gasteiger partial charge in [-0.05, 0) is 18.9 Å². The molecule has 0 amide bonds. The lowest BCUT2D eigenvalue weighted by atomic mass is 10.0. The smallest absolute Gasteiger partial charge is 0.0538 e. The number of hydrogen-bond acceptors (Lipinski definition) is 3. The van der Waals surface area contributed by atoms with Crippen molar-refractivity contribution in [3.05, 3.63) is 18.0 Å². The third-order valence-corrected chi connectivity index (χ3v) is 3.80. The summed E-state index contributed by atoms with van der Waals surface area (Å²) in [5, 5.41) is 4.43. The molecule has 1 aromatic rings. The number of likely N-dealkylation sites (N-methyl/N-ethyl adjacent to an activating group) is 1. The van der Waals surface area contributed by atoms with Gasteiger partial charge in [-0.25, -0.2) is 0 Å². The van der Waals surface area contributed by atoms with Gasteiger partial charge in [0.15, 0.2) is 0 Å². The molecule has 2 atom stereocenters. The van der Waals surface area contributed by atoms with E-state index in [4.69, 9.17) is 5.73 Å². The van der Waals surface area contributed by atoms with Gasteiger partial charge < -0.3 is 5.73 Å². The molecule has 0 fully saturated rings. The predicted molar refractivity (Wildman–Crippen MR) is 81.0 cm³/mol. The molecule has 1 rings (SSSR count). The summed E-state index contributed by atoms with van der Waals surface area (Å²) in [6, 6.07) is 0.296. The summed E-state index contributed by atoms with van der Waals surface area (Å²) in [6.45, 7) is 12.7. The van der Waals surface area contributed by atoms with Crippen LogP contribution in [0.4, 0.5) is 0 Å². The molecule has 0 aliphatic heterocycles. The van der Waals surface area contributed by atoms with Crippen LogP contribution in [0.3, 0.4) is 0 Å². The van der Waals surface area contributed by atoms with Crippen molar-refractivity contribution in [3.63, 3.8) is 0 Å². The first-order chi connectivity index (χ1) is 9.15. The van der Waals surface area contributed by atoms with Crippen LogP contribution in [-0.2, 0) is 6.54 Å². The zero-order valence-electron chi connectivity index (χ0n) is 13.0. The second-order valence-electron chi connectivity index (χ2n) is 5.39. The van der Waals surface area contributed by atoms with E-state index in [2.05, 4.69) is 43.9 Å². The fourth-order valence-corrected chi connectivity index (χ4v) is 2.41. The van der Waals surface area contributed by atoms with E-state index in [0.717, 1.165) is 26.1 Å². The standard InChI is InChI=1S/C15H30N4/c1-5-8-19-12-14(10-17-19)15(9-16)18(7-3)11-13(4)6-2/h10,12-13,15H,5-9,11,16H2,1-4H3. The highest BCUT2D eigenvalue weighted by atomic mass is 15.3. The third kappa shape index (κ3) is 4.62. The van der Waals surface area contributed by atoms with Crippen LogP contribution in [-0.4, -0.2) is 34.3 Å². The highest BCUT2D eigenvalue weighted by molar-refractivity contribution is 5.11. The highest BCUT2D eigenvalue weighted by Gasteiger charge is 2.20. The summed E-state index contributed by atoms with van der Waals surface area (Å²) in [4.78, 5) is 2.47. The number of aryl methyl sites for hydroxylation is 1. The van der Waals surface area contributed by atoms with Gasteiger partial charge in [0.1, 0.15) is 0 Å². The summed E-state index contributed by atoms with van der Waals surface area (Å²) < 4.78 is 2.02. The van der Waals surface area contributed by atoms with Crippen molar-refractivity contribution in [2.45, 2.75) is 53.1 Å². The molecule has 4 nitrogen and oxygen atoms in total. The topological polar surface area (TPSA) is 47.1 Å². The average molecular weight is 266 g/mol. The molecule has 4 heteroatoms. The van der Waals surface area contributed by atoms with Crippen LogP contribution in [0.15, 0.2) is 12.4 Å². The van der Waals surface area contributed by atoms with E-state index in [0.29, 0.717) is 18.5 Å². The van der Waals surface area contributed by atoms with Crippen molar-refractivity contribution in [2.75, 3.05) is 19.6 Å². The van der Waals surface area contributed by atoms with Gasteiger partial charge in [-0.2, -0.15) is 5.10 Å². The lowest BCUT2D eigenvalue weighted by Crippen LogP contribution is -2.36. The minimum atomic E-state index is 0.296. The van der Waals surface area contributed by atoms with Gasteiger partial charge in [-0.1, -0.05) is 34.1 Å². The van der Waals surface area contributed by atoms with Crippen molar-refractivity contribution >= 4 is 0 Å². The molecule has 1 aromatic heterocycles. The van der Waals surface area contributed by atoms with Crippen molar-refractivity contribution in [1.29, 1.82) is 0 Å². The van der Waals surface area contributed by atoms with Gasteiger partial charge in [0.25, 0.3) is 0 Å². The van der Waals surface area contributed by atoms with Crippen LogP contribution in [0.5, 0.6) is 0 Å². The normalized spacial score (nSPS) is 14.8. The Bertz CT molecular complexity index is 348. The molecule has 0 aromatic carbocycles. The van der Waals surface area contributed by atoms with Crippen molar-refractivity contribution in [1.82, 2.24) is 14.7 Å². The van der Waals surface area contributed by atoms with Gasteiger partial charge in [0.05, 0.1) is 12.2 Å². The van der Waals surface area contributed by atoms with Crippen LogP contribution in [0.25, 0.3) is 0 Å². The highest BCUT2D eigenvalue weighted by Crippen LogP contribution is 2.21. The Kier molecular flexibility index (Phi) is 7.10. The lowest BCUT2D eigenvalue weighted by Gasteiger charge is -2.31. The first-order valence-electron chi connectivity index (χ1n) is 7.62. The van der Waals surface area contributed by atoms with Crippen LogP contribution < -0.4 is 5.73 Å². The number of nitrogens with two attached hydrogens (primary N) is 1. The molecule has 0 saturated heterocycles. The third-order valence-electron chi connectivity index (χ3n) is 3.80. The molecule has 2 unspecified atom stereocenters. The van der Waals surface area contributed by atoms with Gasteiger partial charge in [-0.3, -0.25) is 9.58 Å². The Morgan fingerprint density at radius 3 is 2.63 bits per heavy atom. The number of hydrogen-bond donors (Lipinski definition) is 1. The fraction of sp³-hybridized carbons (Fsp3) is 0.800. The first-order valence-corrected chi connectivity index (χ1v) is 7.62. The maximum atomic E-state index is 6.00. The Labute approximate surface area is 118 Å². The van der Waals surface area contributed by atoms with Gasteiger partial charge in [0.2, 0.25) is 0 Å². The molecule has 0 aliphatic rings. The fourth-order valence-electron chi connectivity index (χ4n) is 2.41. The van der Waals surface area contributed by atoms with E-state index in [1.54, 1.807) is 0 Å². The number of nitrogens with zero attached hydrogens (tertiary/aromatic N) is 3. The van der Waals surface area contributed by atoms with Crippen LogP contribution >= 0.6 is 0 Å². The molecule has 0 radical (unpaired) electrons. The minimum absolute atomic E-state index is 0.296. The quantitative estimate of drug-likeness (QED) is 0.747. The SMILES string of the molecule is CCCn1cc(C(CN)N(CC)CC(C)CC)cn1. The summed E-state index contributed by atoms with van der Waals surface area (Å²) in [7, 11) is 0. The van der Waals surface area contributed by atoms with Crippen molar-refractivity contribution in [2.24, 2.45) is 11.7 Å². The molecule has 1 heterocycles. The summed E-state index contributed by atoms with van der Waals surface area (Å²) in [5.41, 5.74) is 7.25. The van der Waals surface area contributed by atoms with Crippen LogP contribution in [0, 0.1) is 5.92 Å². The molecule has 2 N–H and O–H groups in total. The van der Waals surface area contributed by atoms with Gasteiger partial charge in [0, 0.05) is 31.4 Å². The second kappa shape index (κ2) is 8.33. The first kappa shape index (κ1) is 16.2. The molecule has 0 saturated carbocycles. The largest absolute Gasteiger partial charge is 0.329 e. The molecular formula is C15H30N4. The second-order valence-corrected chi connectivity index (χ2v) is 5.39. The maximum Gasteiger partial charge on any atom is 0.0538 e. The average Bonchev–Trinajstić information content (AvgIpc) is 2.87. The number of aromatic nitrogens is 2. The lowest BCUT2D eigenvalue weighted by molar-refractivity contribution is 0.182. The van der Waals surface area contributed by atoms with Crippen LogP contribution in [0.2, 0.25) is 0 Å².